The second kappa shape index (κ2) is 6.32. The fourth-order valence-electron chi connectivity index (χ4n) is 1.96. The van der Waals surface area contributed by atoms with E-state index in [9.17, 15) is 9.50 Å². The van der Waals surface area contributed by atoms with E-state index in [4.69, 9.17) is 9.31 Å². The Balaban J connectivity index is 2.13. The summed E-state index contributed by atoms with van der Waals surface area (Å²) < 4.78 is 25.7. The van der Waals surface area contributed by atoms with Crippen molar-refractivity contribution < 1.29 is 18.8 Å². The van der Waals surface area contributed by atoms with E-state index in [2.05, 4.69) is 16.8 Å². The molecule has 0 unspecified atom stereocenters. The topological polar surface area (TPSA) is 51.6 Å². The summed E-state index contributed by atoms with van der Waals surface area (Å²) in [7, 11) is -1.02. The first-order chi connectivity index (χ1) is 10.9. The zero-order valence-corrected chi connectivity index (χ0v) is 15.0. The first kappa shape index (κ1) is 18.7. The molecule has 1 aromatic rings. The molecule has 0 radical (unpaired) electrons. The molecule has 1 aromatic heterocycles. The maximum atomic E-state index is 14.4. The Hall–Kier alpha value is -1.68. The second-order valence-corrected chi connectivity index (χ2v) is 7.40. The van der Waals surface area contributed by atoms with Crippen LogP contribution in [0.1, 0.15) is 52.8 Å². The Bertz CT molecular complexity index is 678. The molecule has 1 aliphatic rings. The first-order valence-electron chi connectivity index (χ1n) is 7.84. The third kappa shape index (κ3) is 4.44. The molecule has 2 rings (SSSR count). The quantitative estimate of drug-likeness (QED) is 0.668. The summed E-state index contributed by atoms with van der Waals surface area (Å²) in [6.07, 6.45) is 2.85. The Morgan fingerprint density at radius 2 is 1.83 bits per heavy atom. The highest BCUT2D eigenvalue weighted by Crippen LogP contribution is 2.39. The summed E-state index contributed by atoms with van der Waals surface area (Å²) in [6.45, 7) is 10.7. The van der Waals surface area contributed by atoms with Crippen molar-refractivity contribution in [3.63, 3.8) is 0 Å². The fourth-order valence-corrected chi connectivity index (χ4v) is 1.96. The molecule has 0 bridgehead atoms. The van der Waals surface area contributed by atoms with Crippen molar-refractivity contribution >= 4 is 13.2 Å². The van der Waals surface area contributed by atoms with Crippen molar-refractivity contribution in [2.45, 2.75) is 58.3 Å². The van der Waals surface area contributed by atoms with Gasteiger partial charge in [0.15, 0.2) is 0 Å². The van der Waals surface area contributed by atoms with E-state index in [-0.39, 0.29) is 0 Å². The van der Waals surface area contributed by atoms with E-state index in [1.807, 2.05) is 27.7 Å². The van der Waals surface area contributed by atoms with E-state index in [1.165, 1.54) is 12.3 Å². The van der Waals surface area contributed by atoms with Crippen molar-refractivity contribution in [1.82, 2.24) is 4.98 Å². The number of nitrogens with zero attached hydrogens (tertiary/aromatic N) is 1. The Morgan fingerprint density at radius 1 is 1.25 bits per heavy atom. The van der Waals surface area contributed by atoms with Crippen LogP contribution in [0.2, 0.25) is 0 Å². The molecule has 2 heterocycles. The molecule has 1 fully saturated rings. The van der Waals surface area contributed by atoms with Crippen LogP contribution >= 0.6 is 0 Å². The molecule has 0 aromatic carbocycles. The fraction of sp³-hybridized carbons (Fsp3) is 0.500. The van der Waals surface area contributed by atoms with Gasteiger partial charge in [0.05, 0.1) is 11.2 Å². The van der Waals surface area contributed by atoms with Crippen LogP contribution in [0.3, 0.4) is 0 Å². The van der Waals surface area contributed by atoms with Crippen molar-refractivity contribution in [2.24, 2.45) is 0 Å². The zero-order chi connectivity index (χ0) is 18.2. The Kier molecular flexibility index (Phi) is 4.92. The number of rotatable bonds is 2. The molecule has 1 aliphatic heterocycles. The number of hydrogen-bond acceptors (Lipinski definition) is 4. The Morgan fingerprint density at radius 3 is 2.29 bits per heavy atom. The minimum atomic E-state index is -1.08. The van der Waals surface area contributed by atoms with E-state index in [1.54, 1.807) is 26.0 Å². The molecule has 6 heteroatoms. The lowest BCUT2D eigenvalue weighted by Crippen LogP contribution is -2.41. The van der Waals surface area contributed by atoms with Crippen LogP contribution in [0.15, 0.2) is 24.1 Å². The minimum Gasteiger partial charge on any atom is -0.398 e. The molecule has 0 aliphatic carbocycles. The SMILES string of the molecule is CC(C)(O)C#Cc1ccc(C=C(F)B2OC(C)(C)C(C)(C)O2)cn1. The summed E-state index contributed by atoms with van der Waals surface area (Å²) >= 11 is 0. The van der Waals surface area contributed by atoms with Crippen LogP contribution in [-0.2, 0) is 9.31 Å². The molecule has 0 saturated carbocycles. The third-order valence-electron chi connectivity index (χ3n) is 4.07. The van der Waals surface area contributed by atoms with Gasteiger partial charge in [0.25, 0.3) is 0 Å². The molecule has 0 spiro atoms. The van der Waals surface area contributed by atoms with Gasteiger partial charge in [-0.15, -0.1) is 0 Å². The lowest BCUT2D eigenvalue weighted by molar-refractivity contribution is 0.00578. The molecule has 1 saturated heterocycles. The normalized spacial score (nSPS) is 19.8. The number of aromatic nitrogens is 1. The third-order valence-corrected chi connectivity index (χ3v) is 4.07. The largest absolute Gasteiger partial charge is 0.525 e. The van der Waals surface area contributed by atoms with Gasteiger partial charge < -0.3 is 14.4 Å². The monoisotopic (exact) mass is 331 g/mol. The predicted molar refractivity (Wildman–Crippen MR) is 92.6 cm³/mol. The maximum absolute atomic E-state index is 14.4. The lowest BCUT2D eigenvalue weighted by atomic mass is 9.87. The van der Waals surface area contributed by atoms with Gasteiger partial charge in [-0.1, -0.05) is 12.0 Å². The van der Waals surface area contributed by atoms with E-state index in [0.717, 1.165) is 0 Å². The molecule has 4 nitrogen and oxygen atoms in total. The average molecular weight is 331 g/mol. The number of pyridine rings is 1. The van der Waals surface area contributed by atoms with Crippen LogP contribution in [0.25, 0.3) is 6.08 Å². The van der Waals surface area contributed by atoms with Crippen LogP contribution in [0, 0.1) is 11.8 Å². The van der Waals surface area contributed by atoms with Gasteiger partial charge >= 0.3 is 7.12 Å². The molecule has 24 heavy (non-hydrogen) atoms. The van der Waals surface area contributed by atoms with Crippen LogP contribution in [-0.4, -0.2) is 34.0 Å². The van der Waals surface area contributed by atoms with Gasteiger partial charge in [-0.3, -0.25) is 0 Å². The molecular formula is C18H23BFNO3. The summed E-state index contributed by atoms with van der Waals surface area (Å²) in [5.74, 6) is 5.44. The highest BCUT2D eigenvalue weighted by atomic mass is 19.1. The predicted octanol–water partition coefficient (Wildman–Crippen LogP) is 3.15. The van der Waals surface area contributed by atoms with E-state index >= 15 is 0 Å². The molecule has 0 amide bonds. The van der Waals surface area contributed by atoms with Crippen LogP contribution < -0.4 is 0 Å². The Labute approximate surface area is 143 Å². The van der Waals surface area contributed by atoms with Gasteiger partial charge in [0.1, 0.15) is 17.0 Å². The lowest BCUT2D eigenvalue weighted by Gasteiger charge is -2.32. The number of aliphatic hydroxyl groups is 1. The molecular weight excluding hydrogens is 308 g/mol. The highest BCUT2D eigenvalue weighted by molar-refractivity contribution is 6.54. The maximum Gasteiger partial charge on any atom is 0.525 e. The highest BCUT2D eigenvalue weighted by Gasteiger charge is 2.53. The van der Waals surface area contributed by atoms with Crippen molar-refractivity contribution in [3.8, 4) is 11.8 Å². The number of hydrogen-bond donors (Lipinski definition) is 1. The summed E-state index contributed by atoms with van der Waals surface area (Å²) in [4.78, 5) is 4.14. The zero-order valence-electron chi connectivity index (χ0n) is 15.0. The van der Waals surface area contributed by atoms with Gasteiger partial charge in [-0.2, -0.15) is 0 Å². The molecule has 1 N–H and O–H groups in total. The van der Waals surface area contributed by atoms with Crippen LogP contribution in [0.5, 0.6) is 0 Å². The molecule has 128 valence electrons. The van der Waals surface area contributed by atoms with Crippen molar-refractivity contribution in [2.75, 3.05) is 0 Å². The summed E-state index contributed by atoms with van der Waals surface area (Å²) in [5.41, 5.74) is -1.68. The van der Waals surface area contributed by atoms with Crippen molar-refractivity contribution in [1.29, 1.82) is 0 Å². The van der Waals surface area contributed by atoms with E-state index < -0.39 is 29.6 Å². The first-order valence-corrected chi connectivity index (χ1v) is 7.84. The smallest absolute Gasteiger partial charge is 0.398 e. The number of halogens is 1. The van der Waals surface area contributed by atoms with Crippen LogP contribution in [0.4, 0.5) is 4.39 Å². The molecule has 0 atom stereocenters. The standard InChI is InChI=1S/C18H23BFNO3/c1-16(2,22)10-9-14-8-7-13(12-21-14)11-15(20)19-23-17(3,4)18(5,6)24-19/h7-8,11-12,22H,1-6H3. The summed E-state index contributed by atoms with van der Waals surface area (Å²) in [5, 5.41) is 9.57. The van der Waals surface area contributed by atoms with Gasteiger partial charge in [0.2, 0.25) is 0 Å². The van der Waals surface area contributed by atoms with Gasteiger partial charge in [0, 0.05) is 6.20 Å². The minimum absolute atomic E-state index is 0.505. The second-order valence-electron chi connectivity index (χ2n) is 7.40. The summed E-state index contributed by atoms with van der Waals surface area (Å²) in [6, 6.07) is 3.37. The van der Waals surface area contributed by atoms with Gasteiger partial charge in [-0.05, 0) is 65.2 Å². The van der Waals surface area contributed by atoms with Crippen molar-refractivity contribution in [3.05, 3.63) is 35.3 Å². The average Bonchev–Trinajstić information content (AvgIpc) is 2.66. The van der Waals surface area contributed by atoms with E-state index in [0.29, 0.717) is 11.3 Å². The van der Waals surface area contributed by atoms with Gasteiger partial charge in [-0.25, -0.2) is 9.37 Å².